The molecule has 0 fully saturated rings. The van der Waals surface area contributed by atoms with Crippen molar-refractivity contribution in [2.24, 2.45) is 0 Å². The van der Waals surface area contributed by atoms with Gasteiger partial charge in [0.15, 0.2) is 5.78 Å². The van der Waals surface area contributed by atoms with E-state index in [1.807, 2.05) is 25.3 Å². The summed E-state index contributed by atoms with van der Waals surface area (Å²) in [7, 11) is 0. The number of hydrogen-bond donors (Lipinski definition) is 1. The van der Waals surface area contributed by atoms with Crippen LogP contribution in [0, 0.1) is 13.1 Å². The van der Waals surface area contributed by atoms with Gasteiger partial charge in [-0.05, 0) is 37.6 Å². The zero-order chi connectivity index (χ0) is 14.3. The molecule has 2 aromatic heterocycles. The molecule has 99 valence electrons. The van der Waals surface area contributed by atoms with Crippen molar-refractivity contribution in [3.63, 3.8) is 0 Å². The number of benzene rings is 1. The molecule has 0 aliphatic heterocycles. The van der Waals surface area contributed by atoms with Gasteiger partial charge in [0, 0.05) is 11.8 Å². The number of Topliss-reactive ketones (excluding diaryl/α,β-unsaturated/α-hetero) is 1. The largest absolute Gasteiger partial charge is 0.508 e. The van der Waals surface area contributed by atoms with Crippen LogP contribution in [-0.4, -0.2) is 20.3 Å². The van der Waals surface area contributed by atoms with Gasteiger partial charge >= 0.3 is 0 Å². The van der Waals surface area contributed by atoms with Gasteiger partial charge in [0.2, 0.25) is 0 Å². The first-order valence-electron chi connectivity index (χ1n) is 6.27. The van der Waals surface area contributed by atoms with Crippen LogP contribution in [0.2, 0.25) is 0 Å². The van der Waals surface area contributed by atoms with Crippen LogP contribution in [0.15, 0.2) is 36.5 Å². The number of aryl methyl sites for hydroxylation is 1. The maximum atomic E-state index is 11.7. The zero-order valence-electron chi connectivity index (χ0n) is 11.2. The molecule has 0 saturated heterocycles. The van der Waals surface area contributed by atoms with Gasteiger partial charge in [0.25, 0.3) is 0 Å². The van der Waals surface area contributed by atoms with Crippen LogP contribution in [0.25, 0.3) is 16.9 Å². The maximum Gasteiger partial charge on any atom is 0.163 e. The van der Waals surface area contributed by atoms with Crippen molar-refractivity contribution >= 4 is 11.4 Å². The molecule has 3 aromatic rings. The predicted octanol–water partition coefficient (Wildman–Crippen LogP) is 3.02. The standard InChI is InChI=1S/C16H13N2O2/c1-10-6-14(11(2)19)16-17-15(9-18(16)8-10)12-4-3-5-13(20)7-12/h3-8,20H,1-2H3. The highest BCUT2D eigenvalue weighted by Gasteiger charge is 2.12. The second-order valence-electron chi connectivity index (χ2n) is 4.80. The first-order chi connectivity index (χ1) is 9.54. The second-order valence-corrected chi connectivity index (χ2v) is 4.80. The van der Waals surface area contributed by atoms with Gasteiger partial charge < -0.3 is 5.11 Å². The Morgan fingerprint density at radius 1 is 1.35 bits per heavy atom. The smallest absolute Gasteiger partial charge is 0.163 e. The summed E-state index contributed by atoms with van der Waals surface area (Å²) in [5, 5.41) is 9.53. The van der Waals surface area contributed by atoms with Gasteiger partial charge in [0.1, 0.15) is 11.4 Å². The third kappa shape index (κ3) is 2.05. The predicted molar refractivity (Wildman–Crippen MR) is 75.9 cm³/mol. The number of aromatic nitrogens is 2. The SMILES string of the molecule is CC(=O)c1cc(C)cn2[c]c(-c3cccc(O)c3)nc12. The molecule has 1 aromatic carbocycles. The minimum Gasteiger partial charge on any atom is -0.508 e. The summed E-state index contributed by atoms with van der Waals surface area (Å²) < 4.78 is 1.73. The third-order valence-corrected chi connectivity index (χ3v) is 3.12. The lowest BCUT2D eigenvalue weighted by molar-refractivity contribution is 0.101. The molecule has 4 heteroatoms. The van der Waals surface area contributed by atoms with Gasteiger partial charge in [-0.2, -0.15) is 0 Å². The number of rotatable bonds is 2. The lowest BCUT2D eigenvalue weighted by atomic mass is 10.1. The molecule has 1 radical (unpaired) electrons. The van der Waals surface area contributed by atoms with E-state index in [1.54, 1.807) is 22.6 Å². The summed E-state index contributed by atoms with van der Waals surface area (Å²) in [6.45, 7) is 3.45. The summed E-state index contributed by atoms with van der Waals surface area (Å²) >= 11 is 0. The van der Waals surface area contributed by atoms with Crippen LogP contribution >= 0.6 is 0 Å². The molecule has 0 bridgehead atoms. The van der Waals surface area contributed by atoms with Crippen LogP contribution in [0.3, 0.4) is 0 Å². The van der Waals surface area contributed by atoms with Crippen molar-refractivity contribution in [1.82, 2.24) is 9.38 Å². The Labute approximate surface area is 116 Å². The minimum absolute atomic E-state index is 0.0276. The van der Waals surface area contributed by atoms with E-state index in [2.05, 4.69) is 11.2 Å². The number of hydrogen-bond acceptors (Lipinski definition) is 3. The first-order valence-corrected chi connectivity index (χ1v) is 6.27. The Hall–Kier alpha value is -2.62. The summed E-state index contributed by atoms with van der Waals surface area (Å²) in [4.78, 5) is 16.2. The monoisotopic (exact) mass is 265 g/mol. The number of fused-ring (bicyclic) bond motifs is 1. The average molecular weight is 265 g/mol. The molecule has 20 heavy (non-hydrogen) atoms. The number of phenolic OH excluding ortho intramolecular Hbond substituents is 1. The maximum absolute atomic E-state index is 11.7. The lowest BCUT2D eigenvalue weighted by Crippen LogP contribution is -1.98. The molecule has 0 aliphatic carbocycles. The number of phenols is 1. The number of ketones is 1. The molecule has 0 amide bonds. The van der Waals surface area contributed by atoms with Crippen LogP contribution in [0.4, 0.5) is 0 Å². The summed E-state index contributed by atoms with van der Waals surface area (Å²) in [5.41, 5.74) is 3.50. The average Bonchev–Trinajstić information content (AvgIpc) is 2.81. The topological polar surface area (TPSA) is 54.6 Å². The van der Waals surface area contributed by atoms with E-state index in [4.69, 9.17) is 0 Å². The molecule has 3 rings (SSSR count). The van der Waals surface area contributed by atoms with Gasteiger partial charge in [-0.15, -0.1) is 0 Å². The molecule has 2 heterocycles. The van der Waals surface area contributed by atoms with Crippen molar-refractivity contribution in [1.29, 1.82) is 0 Å². The minimum atomic E-state index is -0.0276. The Balaban J connectivity index is 2.25. The molecular formula is C16H13N2O2. The number of aromatic hydroxyl groups is 1. The number of carbonyl (C=O) groups excluding carboxylic acids is 1. The van der Waals surface area contributed by atoms with E-state index >= 15 is 0 Å². The van der Waals surface area contributed by atoms with Crippen molar-refractivity contribution in [3.8, 4) is 17.0 Å². The van der Waals surface area contributed by atoms with Crippen LogP contribution in [0.5, 0.6) is 5.75 Å². The Morgan fingerprint density at radius 2 is 2.15 bits per heavy atom. The number of carbonyl (C=O) groups is 1. The molecule has 0 atom stereocenters. The lowest BCUT2D eigenvalue weighted by Gasteiger charge is -2.01. The molecular weight excluding hydrogens is 252 g/mol. The summed E-state index contributed by atoms with van der Waals surface area (Å²) in [6, 6.07) is 8.64. The molecule has 4 nitrogen and oxygen atoms in total. The van der Waals surface area contributed by atoms with Crippen molar-refractivity contribution in [2.45, 2.75) is 13.8 Å². The first kappa shape index (κ1) is 12.4. The number of imidazole rings is 1. The van der Waals surface area contributed by atoms with Crippen molar-refractivity contribution in [2.75, 3.05) is 0 Å². The van der Waals surface area contributed by atoms with E-state index in [1.165, 1.54) is 6.92 Å². The highest BCUT2D eigenvalue weighted by molar-refractivity contribution is 6.00. The zero-order valence-corrected chi connectivity index (χ0v) is 11.2. The summed E-state index contributed by atoms with van der Waals surface area (Å²) in [5.74, 6) is 0.149. The van der Waals surface area contributed by atoms with Gasteiger partial charge in [0.05, 0.1) is 17.5 Å². The van der Waals surface area contributed by atoms with E-state index in [9.17, 15) is 9.90 Å². The molecule has 0 spiro atoms. The Morgan fingerprint density at radius 3 is 2.85 bits per heavy atom. The third-order valence-electron chi connectivity index (χ3n) is 3.12. The van der Waals surface area contributed by atoms with E-state index in [0.717, 1.165) is 11.1 Å². The highest BCUT2D eigenvalue weighted by atomic mass is 16.3. The second kappa shape index (κ2) is 4.49. The van der Waals surface area contributed by atoms with Gasteiger partial charge in [-0.1, -0.05) is 12.1 Å². The number of pyridine rings is 1. The quantitative estimate of drug-likeness (QED) is 0.725. The van der Waals surface area contributed by atoms with Crippen LogP contribution in [-0.2, 0) is 0 Å². The van der Waals surface area contributed by atoms with Crippen molar-refractivity contribution < 1.29 is 9.90 Å². The fraction of sp³-hybridized carbons (Fsp3) is 0.125. The highest BCUT2D eigenvalue weighted by Crippen LogP contribution is 2.24. The van der Waals surface area contributed by atoms with Gasteiger partial charge in [-0.25, -0.2) is 4.98 Å². The summed E-state index contributed by atoms with van der Waals surface area (Å²) in [6.07, 6.45) is 4.99. The van der Waals surface area contributed by atoms with Gasteiger partial charge in [-0.3, -0.25) is 9.20 Å². The van der Waals surface area contributed by atoms with Crippen LogP contribution in [0.1, 0.15) is 22.8 Å². The van der Waals surface area contributed by atoms with E-state index in [-0.39, 0.29) is 11.5 Å². The van der Waals surface area contributed by atoms with Crippen LogP contribution < -0.4 is 0 Å². The molecule has 0 unspecified atom stereocenters. The normalized spacial score (nSPS) is 10.9. The molecule has 1 N–H and O–H groups in total. The fourth-order valence-corrected chi connectivity index (χ4v) is 2.21. The molecule has 0 aliphatic rings. The Bertz CT molecular complexity index is 818. The van der Waals surface area contributed by atoms with Crippen molar-refractivity contribution in [3.05, 3.63) is 53.9 Å². The van der Waals surface area contributed by atoms with E-state index in [0.29, 0.717) is 16.9 Å². The Kier molecular flexibility index (Phi) is 2.79. The van der Waals surface area contributed by atoms with E-state index < -0.39 is 0 Å². The number of nitrogens with zero attached hydrogens (tertiary/aromatic N) is 2. The molecule has 0 saturated carbocycles. The fourth-order valence-electron chi connectivity index (χ4n) is 2.21.